The van der Waals surface area contributed by atoms with E-state index in [0.29, 0.717) is 6.42 Å². The van der Waals surface area contributed by atoms with Crippen molar-refractivity contribution in [3.8, 4) is 0 Å². The van der Waals surface area contributed by atoms with Gasteiger partial charge in [-0.3, -0.25) is 4.79 Å². The summed E-state index contributed by atoms with van der Waals surface area (Å²) in [6.07, 6.45) is 5.41. The van der Waals surface area contributed by atoms with Crippen LogP contribution in [-0.4, -0.2) is 12.3 Å². The number of rotatable bonds is 5. The average Bonchev–Trinajstić information content (AvgIpc) is 1.80. The molecule has 0 aromatic heterocycles. The van der Waals surface area contributed by atoms with Crippen LogP contribution in [0.3, 0.4) is 0 Å². The molecule has 0 amide bonds. The Bertz CT molecular complexity index is 71.3. The highest BCUT2D eigenvalue weighted by atomic mass is 16.1. The van der Waals surface area contributed by atoms with Crippen LogP contribution >= 0.6 is 0 Å². The summed E-state index contributed by atoms with van der Waals surface area (Å²) in [4.78, 5) is 9.69. The third kappa shape index (κ3) is 7.63. The van der Waals surface area contributed by atoms with E-state index in [1.165, 1.54) is 0 Å². The highest BCUT2D eigenvalue weighted by Gasteiger charge is 1.92. The SMILES string of the molecule is CC(N)CCCC[C]=O. The predicted octanol–water partition coefficient (Wildman–Crippen LogP) is 1.00. The smallest absolute Gasteiger partial charge is 0.198 e. The lowest BCUT2D eigenvalue weighted by Crippen LogP contribution is -2.13. The molecule has 0 saturated heterocycles. The van der Waals surface area contributed by atoms with E-state index >= 15 is 0 Å². The van der Waals surface area contributed by atoms with Crippen molar-refractivity contribution in [1.29, 1.82) is 0 Å². The summed E-state index contributed by atoms with van der Waals surface area (Å²) in [5.41, 5.74) is 5.48. The molecule has 0 saturated carbocycles. The quantitative estimate of drug-likeness (QED) is 0.561. The van der Waals surface area contributed by atoms with E-state index in [4.69, 9.17) is 5.73 Å². The lowest BCUT2D eigenvalue weighted by molar-refractivity contribution is 0.540. The summed E-state index contributed by atoms with van der Waals surface area (Å²) in [5, 5.41) is 0. The second kappa shape index (κ2) is 5.76. The summed E-state index contributed by atoms with van der Waals surface area (Å²) < 4.78 is 0. The van der Waals surface area contributed by atoms with Crippen molar-refractivity contribution in [2.45, 2.75) is 38.6 Å². The number of nitrogens with two attached hydrogens (primary N) is 1. The van der Waals surface area contributed by atoms with Gasteiger partial charge in [-0.2, -0.15) is 0 Å². The first kappa shape index (κ1) is 8.63. The highest BCUT2D eigenvalue weighted by molar-refractivity contribution is 5.50. The van der Waals surface area contributed by atoms with Gasteiger partial charge in [0.2, 0.25) is 0 Å². The molecule has 2 N–H and O–H groups in total. The molecule has 0 aliphatic heterocycles. The van der Waals surface area contributed by atoms with Crippen LogP contribution in [0.5, 0.6) is 0 Å². The number of hydrogen-bond acceptors (Lipinski definition) is 2. The lowest BCUT2D eigenvalue weighted by Gasteiger charge is -2.00. The molecule has 0 heterocycles. The zero-order chi connectivity index (χ0) is 7.11. The molecule has 2 nitrogen and oxygen atoms in total. The van der Waals surface area contributed by atoms with Crippen LogP contribution in [0.15, 0.2) is 0 Å². The van der Waals surface area contributed by atoms with E-state index in [-0.39, 0.29) is 6.04 Å². The van der Waals surface area contributed by atoms with Gasteiger partial charge in [0.05, 0.1) is 0 Å². The first-order valence-electron chi connectivity index (χ1n) is 3.38. The fourth-order valence-corrected chi connectivity index (χ4v) is 0.663. The van der Waals surface area contributed by atoms with Gasteiger partial charge in [0, 0.05) is 12.5 Å². The normalized spacial score (nSPS) is 13.1. The van der Waals surface area contributed by atoms with Crippen LogP contribution in [0.25, 0.3) is 0 Å². The van der Waals surface area contributed by atoms with E-state index in [2.05, 4.69) is 0 Å². The second-order valence-corrected chi connectivity index (χ2v) is 2.37. The monoisotopic (exact) mass is 128 g/mol. The van der Waals surface area contributed by atoms with Crippen molar-refractivity contribution in [1.82, 2.24) is 0 Å². The molecule has 2 heteroatoms. The van der Waals surface area contributed by atoms with Gasteiger partial charge in [0.15, 0.2) is 6.29 Å². The first-order valence-corrected chi connectivity index (χ1v) is 3.38. The predicted molar refractivity (Wildman–Crippen MR) is 37.8 cm³/mol. The van der Waals surface area contributed by atoms with Gasteiger partial charge in [0.1, 0.15) is 0 Å². The van der Waals surface area contributed by atoms with Crippen LogP contribution in [-0.2, 0) is 4.79 Å². The maximum absolute atomic E-state index is 9.69. The first-order chi connectivity index (χ1) is 4.27. The second-order valence-electron chi connectivity index (χ2n) is 2.37. The van der Waals surface area contributed by atoms with Crippen LogP contribution in [0, 0.1) is 0 Å². The van der Waals surface area contributed by atoms with Crippen molar-refractivity contribution >= 4 is 6.29 Å². The van der Waals surface area contributed by atoms with Gasteiger partial charge in [-0.25, -0.2) is 0 Å². The van der Waals surface area contributed by atoms with Gasteiger partial charge in [0.25, 0.3) is 0 Å². The number of unbranched alkanes of at least 4 members (excludes halogenated alkanes) is 2. The molecular formula is C7H14NO. The van der Waals surface area contributed by atoms with E-state index in [9.17, 15) is 4.79 Å². The van der Waals surface area contributed by atoms with Crippen LogP contribution in [0.1, 0.15) is 32.6 Å². The molecule has 53 valence electrons. The minimum absolute atomic E-state index is 0.275. The Balaban J connectivity index is 2.82. The van der Waals surface area contributed by atoms with Crippen molar-refractivity contribution in [2.24, 2.45) is 5.73 Å². The zero-order valence-corrected chi connectivity index (χ0v) is 5.89. The molecule has 0 aromatic rings. The fourth-order valence-electron chi connectivity index (χ4n) is 0.663. The minimum atomic E-state index is 0.275. The molecule has 0 rings (SSSR count). The van der Waals surface area contributed by atoms with E-state index in [1.54, 1.807) is 0 Å². The molecule has 0 fully saturated rings. The third-order valence-corrected chi connectivity index (χ3v) is 1.19. The van der Waals surface area contributed by atoms with Gasteiger partial charge < -0.3 is 5.73 Å². The molecular weight excluding hydrogens is 114 g/mol. The van der Waals surface area contributed by atoms with Gasteiger partial charge in [-0.15, -0.1) is 0 Å². The maximum atomic E-state index is 9.69. The Kier molecular flexibility index (Phi) is 5.52. The maximum Gasteiger partial charge on any atom is 0.198 e. The van der Waals surface area contributed by atoms with Gasteiger partial charge in [-0.05, 0) is 19.8 Å². The Morgan fingerprint density at radius 3 is 2.67 bits per heavy atom. The van der Waals surface area contributed by atoms with Crippen LogP contribution in [0.2, 0.25) is 0 Å². The summed E-state index contributed by atoms with van der Waals surface area (Å²) in [6, 6.07) is 0.275. The Morgan fingerprint density at radius 1 is 1.56 bits per heavy atom. The zero-order valence-electron chi connectivity index (χ0n) is 5.89. The Labute approximate surface area is 56.4 Å². The van der Waals surface area contributed by atoms with E-state index < -0.39 is 0 Å². The summed E-state index contributed by atoms with van der Waals surface area (Å²) >= 11 is 0. The molecule has 1 atom stereocenters. The van der Waals surface area contributed by atoms with E-state index in [0.717, 1.165) is 19.3 Å². The van der Waals surface area contributed by atoms with Crippen molar-refractivity contribution in [3.63, 3.8) is 0 Å². The number of carbonyl (C=O) groups excluding carboxylic acids is 1. The van der Waals surface area contributed by atoms with Crippen LogP contribution in [0.4, 0.5) is 0 Å². The van der Waals surface area contributed by atoms with Gasteiger partial charge >= 0.3 is 0 Å². The topological polar surface area (TPSA) is 43.1 Å². The molecule has 0 spiro atoms. The van der Waals surface area contributed by atoms with Crippen LogP contribution < -0.4 is 5.73 Å². The van der Waals surface area contributed by atoms with Gasteiger partial charge in [-0.1, -0.05) is 6.42 Å². The summed E-state index contributed by atoms with van der Waals surface area (Å²) in [5.74, 6) is 0. The third-order valence-electron chi connectivity index (χ3n) is 1.19. The fraction of sp³-hybridized carbons (Fsp3) is 0.857. The molecule has 0 bridgehead atoms. The van der Waals surface area contributed by atoms with Crippen molar-refractivity contribution < 1.29 is 4.79 Å². The molecule has 1 unspecified atom stereocenters. The lowest BCUT2D eigenvalue weighted by atomic mass is 10.1. The summed E-state index contributed by atoms with van der Waals surface area (Å²) in [7, 11) is 0. The summed E-state index contributed by atoms with van der Waals surface area (Å²) in [6.45, 7) is 1.98. The largest absolute Gasteiger partial charge is 0.328 e. The standard InChI is InChI=1S/C7H14NO/c1-7(8)5-3-2-4-6-9/h7H,2-5,8H2,1H3. The minimum Gasteiger partial charge on any atom is -0.328 e. The van der Waals surface area contributed by atoms with E-state index in [1.807, 2.05) is 13.2 Å². The van der Waals surface area contributed by atoms with Crippen molar-refractivity contribution in [3.05, 3.63) is 0 Å². The average molecular weight is 128 g/mol. The molecule has 1 radical (unpaired) electrons. The molecule has 0 aromatic carbocycles. The molecule has 9 heavy (non-hydrogen) atoms. The Morgan fingerprint density at radius 2 is 2.22 bits per heavy atom. The molecule has 0 aliphatic rings. The highest BCUT2D eigenvalue weighted by Crippen LogP contribution is 1.99. The molecule has 0 aliphatic carbocycles. The Hall–Kier alpha value is -0.370. The number of hydrogen-bond donors (Lipinski definition) is 1. The van der Waals surface area contributed by atoms with Crippen molar-refractivity contribution in [2.75, 3.05) is 0 Å².